The maximum absolute atomic E-state index is 11.9. The average Bonchev–Trinajstić information content (AvgIpc) is 2.59. The molecule has 2 aromatic rings. The van der Waals surface area contributed by atoms with E-state index in [4.69, 9.17) is 19.5 Å². The molecule has 0 atom stereocenters. The number of carbonyl (C=O) groups is 1. The van der Waals surface area contributed by atoms with Gasteiger partial charge in [0.05, 0.1) is 25.9 Å². The second-order valence-electron chi connectivity index (χ2n) is 4.55. The standard InChI is InChI=1S/C17H16N2O4/c1-21-14-5-3-4-13(9-14)19-17(20)11-23-15-7-6-12(10-18)8-16(15)22-2/h3-9H,11H2,1-2H3,(H,19,20). The van der Waals surface area contributed by atoms with Gasteiger partial charge >= 0.3 is 0 Å². The van der Waals surface area contributed by atoms with E-state index >= 15 is 0 Å². The van der Waals surface area contributed by atoms with Crippen LogP contribution in [0.5, 0.6) is 17.2 Å². The van der Waals surface area contributed by atoms with Gasteiger partial charge in [0.15, 0.2) is 18.1 Å². The molecule has 23 heavy (non-hydrogen) atoms. The summed E-state index contributed by atoms with van der Waals surface area (Å²) in [7, 11) is 3.03. The second kappa shape index (κ2) is 7.71. The van der Waals surface area contributed by atoms with E-state index in [2.05, 4.69) is 5.32 Å². The Labute approximate surface area is 134 Å². The van der Waals surface area contributed by atoms with Crippen LogP contribution in [0.4, 0.5) is 5.69 Å². The fourth-order valence-electron chi connectivity index (χ4n) is 1.90. The lowest BCUT2D eigenvalue weighted by molar-refractivity contribution is -0.118. The van der Waals surface area contributed by atoms with E-state index < -0.39 is 0 Å². The van der Waals surface area contributed by atoms with Crippen molar-refractivity contribution in [2.75, 3.05) is 26.1 Å². The molecule has 0 aliphatic rings. The Morgan fingerprint density at radius 2 is 1.96 bits per heavy atom. The molecule has 0 radical (unpaired) electrons. The Hall–Kier alpha value is -3.20. The number of hydrogen-bond acceptors (Lipinski definition) is 5. The van der Waals surface area contributed by atoms with E-state index in [0.29, 0.717) is 28.5 Å². The quantitative estimate of drug-likeness (QED) is 0.886. The van der Waals surface area contributed by atoms with Crippen molar-refractivity contribution in [2.24, 2.45) is 0 Å². The molecule has 0 heterocycles. The summed E-state index contributed by atoms with van der Waals surface area (Å²) in [4.78, 5) is 11.9. The summed E-state index contributed by atoms with van der Waals surface area (Å²) in [5.41, 5.74) is 1.07. The molecule has 1 amide bonds. The van der Waals surface area contributed by atoms with Gasteiger partial charge in [-0.2, -0.15) is 5.26 Å². The minimum absolute atomic E-state index is 0.181. The van der Waals surface area contributed by atoms with Gasteiger partial charge in [-0.15, -0.1) is 0 Å². The van der Waals surface area contributed by atoms with Crippen LogP contribution in [-0.2, 0) is 4.79 Å². The van der Waals surface area contributed by atoms with Crippen molar-refractivity contribution < 1.29 is 19.0 Å². The summed E-state index contributed by atoms with van der Waals surface area (Å²) in [5.74, 6) is 1.13. The number of carbonyl (C=O) groups excluding carboxylic acids is 1. The summed E-state index contributed by atoms with van der Waals surface area (Å²) in [6.07, 6.45) is 0. The molecule has 1 N–H and O–H groups in total. The van der Waals surface area contributed by atoms with Gasteiger partial charge in [-0.05, 0) is 24.3 Å². The number of nitriles is 1. The van der Waals surface area contributed by atoms with Gasteiger partial charge in [0.1, 0.15) is 5.75 Å². The van der Waals surface area contributed by atoms with Crippen molar-refractivity contribution in [3.8, 4) is 23.3 Å². The molecule has 118 valence electrons. The van der Waals surface area contributed by atoms with Crippen molar-refractivity contribution in [3.63, 3.8) is 0 Å². The van der Waals surface area contributed by atoms with Crippen molar-refractivity contribution in [1.82, 2.24) is 0 Å². The van der Waals surface area contributed by atoms with Crippen LogP contribution >= 0.6 is 0 Å². The first kappa shape index (κ1) is 16.2. The zero-order chi connectivity index (χ0) is 16.7. The van der Waals surface area contributed by atoms with Crippen LogP contribution in [-0.4, -0.2) is 26.7 Å². The Morgan fingerprint density at radius 3 is 2.65 bits per heavy atom. The first-order chi connectivity index (χ1) is 11.2. The number of amides is 1. The van der Waals surface area contributed by atoms with Crippen LogP contribution in [0.2, 0.25) is 0 Å². The maximum Gasteiger partial charge on any atom is 0.262 e. The lowest BCUT2D eigenvalue weighted by Crippen LogP contribution is -2.20. The zero-order valence-corrected chi connectivity index (χ0v) is 12.8. The number of hydrogen-bond donors (Lipinski definition) is 1. The largest absolute Gasteiger partial charge is 0.497 e. The molecule has 0 bridgehead atoms. The number of nitrogens with zero attached hydrogens (tertiary/aromatic N) is 1. The van der Waals surface area contributed by atoms with E-state index in [9.17, 15) is 4.79 Å². The molecular formula is C17H16N2O4. The smallest absolute Gasteiger partial charge is 0.262 e. The van der Waals surface area contributed by atoms with Gasteiger partial charge in [0, 0.05) is 17.8 Å². The van der Waals surface area contributed by atoms with Gasteiger partial charge < -0.3 is 19.5 Å². The number of ether oxygens (including phenoxy) is 3. The Morgan fingerprint density at radius 1 is 1.13 bits per heavy atom. The van der Waals surface area contributed by atoms with Crippen LogP contribution in [0.1, 0.15) is 5.56 Å². The van der Waals surface area contributed by atoms with E-state index in [1.54, 1.807) is 49.6 Å². The van der Waals surface area contributed by atoms with Gasteiger partial charge in [-0.25, -0.2) is 0 Å². The molecule has 0 saturated heterocycles. The average molecular weight is 312 g/mol. The molecule has 2 aromatic carbocycles. The number of methoxy groups -OCH3 is 2. The topological polar surface area (TPSA) is 80.6 Å². The molecule has 0 unspecified atom stereocenters. The zero-order valence-electron chi connectivity index (χ0n) is 12.8. The van der Waals surface area contributed by atoms with Gasteiger partial charge in [-0.1, -0.05) is 6.07 Å². The molecule has 0 fully saturated rings. The highest BCUT2D eigenvalue weighted by Crippen LogP contribution is 2.27. The Kier molecular flexibility index (Phi) is 5.42. The molecule has 0 aromatic heterocycles. The maximum atomic E-state index is 11.9. The number of benzene rings is 2. The number of anilines is 1. The predicted molar refractivity (Wildman–Crippen MR) is 84.8 cm³/mol. The predicted octanol–water partition coefficient (Wildman–Crippen LogP) is 2.59. The minimum atomic E-state index is -0.315. The van der Waals surface area contributed by atoms with E-state index in [1.165, 1.54) is 7.11 Å². The lowest BCUT2D eigenvalue weighted by atomic mass is 10.2. The van der Waals surface area contributed by atoms with Gasteiger partial charge in [0.25, 0.3) is 5.91 Å². The summed E-state index contributed by atoms with van der Waals surface area (Å²) in [6.45, 7) is -0.181. The van der Waals surface area contributed by atoms with Crippen molar-refractivity contribution >= 4 is 11.6 Å². The van der Waals surface area contributed by atoms with Crippen LogP contribution in [0.15, 0.2) is 42.5 Å². The van der Waals surface area contributed by atoms with Crippen molar-refractivity contribution in [1.29, 1.82) is 5.26 Å². The molecule has 0 aliphatic carbocycles. The monoisotopic (exact) mass is 312 g/mol. The summed E-state index contributed by atoms with van der Waals surface area (Å²) >= 11 is 0. The molecule has 6 heteroatoms. The van der Waals surface area contributed by atoms with Crippen molar-refractivity contribution in [3.05, 3.63) is 48.0 Å². The first-order valence-electron chi connectivity index (χ1n) is 6.81. The van der Waals surface area contributed by atoms with Crippen LogP contribution in [0.25, 0.3) is 0 Å². The minimum Gasteiger partial charge on any atom is -0.497 e. The summed E-state index contributed by atoms with van der Waals surface area (Å²) < 4.78 is 15.7. The third-order valence-electron chi connectivity index (χ3n) is 3.00. The highest BCUT2D eigenvalue weighted by molar-refractivity contribution is 5.92. The third-order valence-corrected chi connectivity index (χ3v) is 3.00. The van der Waals surface area contributed by atoms with Crippen LogP contribution < -0.4 is 19.5 Å². The third kappa shape index (κ3) is 4.38. The number of nitrogens with one attached hydrogen (secondary N) is 1. The molecular weight excluding hydrogens is 296 g/mol. The fourth-order valence-corrected chi connectivity index (χ4v) is 1.90. The summed E-state index contributed by atoms with van der Waals surface area (Å²) in [6, 6.07) is 13.8. The van der Waals surface area contributed by atoms with E-state index in [0.717, 1.165) is 0 Å². The molecule has 6 nitrogen and oxygen atoms in total. The SMILES string of the molecule is COc1cccc(NC(=O)COc2ccc(C#N)cc2OC)c1. The second-order valence-corrected chi connectivity index (χ2v) is 4.55. The van der Waals surface area contributed by atoms with E-state index in [1.807, 2.05) is 6.07 Å². The normalized spacial score (nSPS) is 9.61. The molecule has 0 saturated carbocycles. The van der Waals surface area contributed by atoms with Crippen LogP contribution in [0, 0.1) is 11.3 Å². The Balaban J connectivity index is 1.98. The molecule has 0 aliphatic heterocycles. The highest BCUT2D eigenvalue weighted by Gasteiger charge is 2.09. The molecule has 0 spiro atoms. The highest BCUT2D eigenvalue weighted by atomic mass is 16.5. The summed E-state index contributed by atoms with van der Waals surface area (Å²) in [5, 5.41) is 11.6. The van der Waals surface area contributed by atoms with Gasteiger partial charge in [-0.3, -0.25) is 4.79 Å². The first-order valence-corrected chi connectivity index (χ1v) is 6.81. The fraction of sp³-hybridized carbons (Fsp3) is 0.176. The van der Waals surface area contributed by atoms with Gasteiger partial charge in [0.2, 0.25) is 0 Å². The van der Waals surface area contributed by atoms with Crippen molar-refractivity contribution in [2.45, 2.75) is 0 Å². The van der Waals surface area contributed by atoms with Crippen LogP contribution in [0.3, 0.4) is 0 Å². The Bertz CT molecular complexity index is 738. The number of rotatable bonds is 6. The lowest BCUT2D eigenvalue weighted by Gasteiger charge is -2.11. The molecule has 2 rings (SSSR count). The van der Waals surface area contributed by atoms with E-state index in [-0.39, 0.29) is 12.5 Å².